The zero-order chi connectivity index (χ0) is 27.8. The van der Waals surface area contributed by atoms with Crippen LogP contribution in [0.5, 0.6) is 0 Å². The zero-order valence-corrected chi connectivity index (χ0v) is 21.8. The number of rotatable bonds is 6. The molecule has 12 heteroatoms. The van der Waals surface area contributed by atoms with Crippen molar-refractivity contribution >= 4 is 29.2 Å². The van der Waals surface area contributed by atoms with Crippen molar-refractivity contribution in [1.82, 2.24) is 14.8 Å². The normalized spacial score (nSPS) is 18.6. The Morgan fingerprint density at radius 3 is 2.32 bits per heavy atom. The van der Waals surface area contributed by atoms with E-state index in [1.165, 1.54) is 4.90 Å². The second kappa shape index (κ2) is 10.7. The first kappa shape index (κ1) is 28.1. The summed E-state index contributed by atoms with van der Waals surface area (Å²) in [4.78, 5) is 33.8. The number of anilines is 1. The predicted octanol–water partition coefficient (Wildman–Crippen LogP) is 4.09. The number of amides is 2. The highest BCUT2D eigenvalue weighted by Gasteiger charge is 2.63. The molecule has 3 heterocycles. The number of halogens is 5. The highest BCUT2D eigenvalue weighted by atomic mass is 35.5. The van der Waals surface area contributed by atoms with Gasteiger partial charge in [0.15, 0.2) is 0 Å². The topological polar surface area (TPSA) is 77.0 Å². The van der Waals surface area contributed by atoms with E-state index in [2.05, 4.69) is 9.88 Å². The first-order chi connectivity index (χ1) is 17.8. The molecule has 38 heavy (non-hydrogen) atoms. The molecule has 206 valence electrons. The summed E-state index contributed by atoms with van der Waals surface area (Å²) < 4.78 is 55.0. The standard InChI is InChI=1S/C26H29ClF4N4O3/c1-33(2)23(36)20-6-7-21(32-22(20)27)34-10-8-16(9-11-34)12-17-14-35(15-17)24(37)25(38,26(29,30)31)18-4-3-5-19(28)13-18/h3-7,13,16-17,38H,8-12,14-15H2,1-2H3. The number of aliphatic hydroxyl groups is 1. The monoisotopic (exact) mass is 556 g/mol. The van der Waals surface area contributed by atoms with E-state index >= 15 is 0 Å². The first-order valence-corrected chi connectivity index (χ1v) is 12.7. The van der Waals surface area contributed by atoms with Gasteiger partial charge in [0.25, 0.3) is 17.4 Å². The van der Waals surface area contributed by atoms with Crippen LogP contribution in [0.25, 0.3) is 0 Å². The van der Waals surface area contributed by atoms with Gasteiger partial charge in [-0.15, -0.1) is 0 Å². The minimum absolute atomic E-state index is 0.0180. The number of aromatic nitrogens is 1. The number of hydrogen-bond acceptors (Lipinski definition) is 5. The molecular weight excluding hydrogens is 528 g/mol. The molecule has 7 nitrogen and oxygen atoms in total. The third kappa shape index (κ3) is 5.44. The predicted molar refractivity (Wildman–Crippen MR) is 133 cm³/mol. The summed E-state index contributed by atoms with van der Waals surface area (Å²) in [6.45, 7) is 1.62. The molecular formula is C26H29ClF4N4O3. The Hall–Kier alpha value is -2.92. The fourth-order valence-corrected chi connectivity index (χ4v) is 5.34. The van der Waals surface area contributed by atoms with Gasteiger partial charge in [-0.1, -0.05) is 23.7 Å². The molecule has 4 rings (SSSR count). The van der Waals surface area contributed by atoms with Gasteiger partial charge in [-0.3, -0.25) is 9.59 Å². The van der Waals surface area contributed by atoms with E-state index in [1.54, 1.807) is 26.2 Å². The quantitative estimate of drug-likeness (QED) is 0.428. The zero-order valence-electron chi connectivity index (χ0n) is 21.0. The lowest BCUT2D eigenvalue weighted by Crippen LogP contribution is -2.61. The summed E-state index contributed by atoms with van der Waals surface area (Å²) in [6, 6.07) is 6.83. The fraction of sp³-hybridized carbons (Fsp3) is 0.500. The fourth-order valence-electron chi connectivity index (χ4n) is 5.11. The molecule has 2 saturated heterocycles. The molecule has 2 fully saturated rings. The molecule has 0 bridgehead atoms. The number of hydrogen-bond donors (Lipinski definition) is 1. The third-order valence-corrected chi connectivity index (χ3v) is 7.57. The average molecular weight is 557 g/mol. The van der Waals surface area contributed by atoms with Gasteiger partial charge in [-0.2, -0.15) is 13.2 Å². The lowest BCUT2D eigenvalue weighted by Gasteiger charge is -2.45. The number of nitrogens with zero attached hydrogens (tertiary/aromatic N) is 4. The summed E-state index contributed by atoms with van der Waals surface area (Å²) in [5.41, 5.74) is -4.31. The summed E-state index contributed by atoms with van der Waals surface area (Å²) in [6.07, 6.45) is -2.90. The van der Waals surface area contributed by atoms with E-state index in [0.29, 0.717) is 36.5 Å². The van der Waals surface area contributed by atoms with Crippen molar-refractivity contribution in [2.75, 3.05) is 45.2 Å². The molecule has 0 radical (unpaired) electrons. The molecule has 0 spiro atoms. The van der Waals surface area contributed by atoms with Crippen molar-refractivity contribution < 1.29 is 32.3 Å². The SMILES string of the molecule is CN(C)C(=O)c1ccc(N2CCC(CC3CN(C(=O)C(O)(c4cccc(F)c4)C(F)(F)F)C3)CC2)nc1Cl. The van der Waals surface area contributed by atoms with Crippen LogP contribution >= 0.6 is 11.6 Å². The number of benzene rings is 1. The van der Waals surface area contributed by atoms with Crippen molar-refractivity contribution in [2.24, 2.45) is 11.8 Å². The van der Waals surface area contributed by atoms with Crippen LogP contribution in [-0.2, 0) is 10.4 Å². The Morgan fingerprint density at radius 1 is 1.11 bits per heavy atom. The minimum atomic E-state index is -5.30. The van der Waals surface area contributed by atoms with Crippen LogP contribution < -0.4 is 4.90 Å². The Balaban J connectivity index is 1.31. The summed E-state index contributed by atoms with van der Waals surface area (Å²) in [5.74, 6) is -1.67. The minimum Gasteiger partial charge on any atom is -0.368 e. The molecule has 0 aliphatic carbocycles. The van der Waals surface area contributed by atoms with Crippen LogP contribution in [0.1, 0.15) is 35.2 Å². The molecule has 0 saturated carbocycles. The van der Waals surface area contributed by atoms with Crippen LogP contribution in [0.3, 0.4) is 0 Å². The maximum atomic E-state index is 13.8. The maximum Gasteiger partial charge on any atom is 0.430 e. The number of pyridine rings is 1. The lowest BCUT2D eigenvalue weighted by molar-refractivity contribution is -0.264. The van der Waals surface area contributed by atoms with Gasteiger partial charge in [-0.05, 0) is 55.4 Å². The van der Waals surface area contributed by atoms with Crippen molar-refractivity contribution in [3.8, 4) is 0 Å². The molecule has 2 aromatic rings. The van der Waals surface area contributed by atoms with Gasteiger partial charge in [-0.25, -0.2) is 9.37 Å². The molecule has 1 unspecified atom stereocenters. The Morgan fingerprint density at radius 2 is 1.76 bits per heavy atom. The van der Waals surface area contributed by atoms with Crippen LogP contribution in [0.15, 0.2) is 36.4 Å². The van der Waals surface area contributed by atoms with Gasteiger partial charge in [0, 0.05) is 45.8 Å². The highest BCUT2D eigenvalue weighted by Crippen LogP contribution is 2.42. The van der Waals surface area contributed by atoms with E-state index in [4.69, 9.17) is 11.6 Å². The third-order valence-electron chi connectivity index (χ3n) is 7.28. The second-order valence-electron chi connectivity index (χ2n) is 10.2. The number of likely N-dealkylation sites (tertiary alicyclic amines) is 1. The van der Waals surface area contributed by atoms with Crippen molar-refractivity contribution in [3.05, 3.63) is 58.5 Å². The Bertz CT molecular complexity index is 1200. The van der Waals surface area contributed by atoms with Crippen LogP contribution in [0.2, 0.25) is 5.15 Å². The number of carbonyl (C=O) groups is 2. The second-order valence-corrected chi connectivity index (χ2v) is 10.5. The van der Waals surface area contributed by atoms with Crippen LogP contribution in [0.4, 0.5) is 23.4 Å². The van der Waals surface area contributed by atoms with Crippen LogP contribution in [0, 0.1) is 17.7 Å². The number of alkyl halides is 3. The van der Waals surface area contributed by atoms with Crippen molar-refractivity contribution in [2.45, 2.75) is 31.0 Å². The summed E-state index contributed by atoms with van der Waals surface area (Å²) in [5, 5.41) is 10.6. The molecule has 1 N–H and O–H groups in total. The van der Waals surface area contributed by atoms with Gasteiger partial charge in [0.1, 0.15) is 16.8 Å². The smallest absolute Gasteiger partial charge is 0.368 e. The average Bonchev–Trinajstić information content (AvgIpc) is 2.84. The molecule has 2 aliphatic heterocycles. The van der Waals surface area contributed by atoms with E-state index in [9.17, 15) is 32.3 Å². The molecule has 2 aliphatic rings. The molecule has 1 atom stereocenters. The van der Waals surface area contributed by atoms with Gasteiger partial charge in [0.05, 0.1) is 5.56 Å². The van der Waals surface area contributed by atoms with E-state index in [-0.39, 0.29) is 30.1 Å². The van der Waals surface area contributed by atoms with Gasteiger partial charge < -0.3 is 19.8 Å². The van der Waals surface area contributed by atoms with E-state index in [1.807, 2.05) is 0 Å². The first-order valence-electron chi connectivity index (χ1n) is 12.3. The highest BCUT2D eigenvalue weighted by molar-refractivity contribution is 6.32. The van der Waals surface area contributed by atoms with Gasteiger partial charge >= 0.3 is 6.18 Å². The van der Waals surface area contributed by atoms with Crippen LogP contribution in [-0.4, -0.2) is 78.2 Å². The van der Waals surface area contributed by atoms with Crippen molar-refractivity contribution in [3.63, 3.8) is 0 Å². The molecule has 2 amide bonds. The Labute approximate surface area is 223 Å². The summed E-state index contributed by atoms with van der Waals surface area (Å²) >= 11 is 6.23. The number of carbonyl (C=O) groups excluding carboxylic acids is 2. The lowest BCUT2D eigenvalue weighted by atomic mass is 9.82. The summed E-state index contributed by atoms with van der Waals surface area (Å²) in [7, 11) is 3.27. The van der Waals surface area contributed by atoms with E-state index < -0.39 is 29.1 Å². The van der Waals surface area contributed by atoms with Crippen molar-refractivity contribution in [1.29, 1.82) is 0 Å². The molecule has 1 aromatic heterocycles. The largest absolute Gasteiger partial charge is 0.430 e. The molecule has 1 aromatic carbocycles. The van der Waals surface area contributed by atoms with Gasteiger partial charge in [0.2, 0.25) is 0 Å². The number of piperidine rings is 1. The van der Waals surface area contributed by atoms with E-state index in [0.717, 1.165) is 42.4 Å². The Kier molecular flexibility index (Phi) is 7.90. The maximum absolute atomic E-state index is 13.8.